The summed E-state index contributed by atoms with van der Waals surface area (Å²) in [5.41, 5.74) is 1.74. The van der Waals surface area contributed by atoms with Crippen molar-refractivity contribution in [2.75, 3.05) is 11.9 Å². The van der Waals surface area contributed by atoms with Crippen LogP contribution < -0.4 is 10.9 Å². The third-order valence-corrected chi connectivity index (χ3v) is 2.74. The van der Waals surface area contributed by atoms with Gasteiger partial charge in [0.25, 0.3) is 5.56 Å². The molecular weight excluding hydrogens is 250 g/mol. The standard InChI is InChI=1S/C13H14ClN3O/c1-9-8-12(18)17-13(16-9)15-7-6-10-2-4-11(14)5-3-10/h2-5,8H,6-7H2,1H3,(H2,15,16,17,18). The molecule has 0 amide bonds. The number of aromatic nitrogens is 2. The summed E-state index contributed by atoms with van der Waals surface area (Å²) in [5, 5.41) is 3.82. The normalized spacial score (nSPS) is 10.3. The van der Waals surface area contributed by atoms with E-state index in [1.807, 2.05) is 24.3 Å². The number of aromatic amines is 1. The fraction of sp³-hybridized carbons (Fsp3) is 0.231. The van der Waals surface area contributed by atoms with E-state index in [2.05, 4.69) is 15.3 Å². The van der Waals surface area contributed by atoms with E-state index in [-0.39, 0.29) is 5.56 Å². The molecular formula is C13H14ClN3O. The van der Waals surface area contributed by atoms with Crippen LogP contribution in [0.5, 0.6) is 0 Å². The van der Waals surface area contributed by atoms with Crippen LogP contribution in [0.3, 0.4) is 0 Å². The van der Waals surface area contributed by atoms with Crippen molar-refractivity contribution in [2.45, 2.75) is 13.3 Å². The summed E-state index contributed by atoms with van der Waals surface area (Å²) in [5.74, 6) is 0.508. The van der Waals surface area contributed by atoms with Gasteiger partial charge in [0.05, 0.1) is 0 Å². The van der Waals surface area contributed by atoms with Gasteiger partial charge in [-0.3, -0.25) is 9.78 Å². The van der Waals surface area contributed by atoms with E-state index in [1.54, 1.807) is 6.92 Å². The van der Waals surface area contributed by atoms with Gasteiger partial charge in [-0.15, -0.1) is 0 Å². The molecule has 0 bridgehead atoms. The summed E-state index contributed by atoms with van der Waals surface area (Å²) in [7, 11) is 0. The maximum atomic E-state index is 11.2. The molecule has 0 radical (unpaired) electrons. The summed E-state index contributed by atoms with van der Waals surface area (Å²) in [6.07, 6.45) is 0.842. The molecule has 0 atom stereocenters. The molecule has 0 aliphatic carbocycles. The first-order valence-corrected chi connectivity index (χ1v) is 6.07. The van der Waals surface area contributed by atoms with Crippen LogP contribution in [0.4, 0.5) is 5.95 Å². The van der Waals surface area contributed by atoms with Crippen LogP contribution in [-0.2, 0) is 6.42 Å². The Balaban J connectivity index is 1.92. The number of benzene rings is 1. The summed E-state index contributed by atoms with van der Waals surface area (Å²) in [6.45, 7) is 2.49. The second kappa shape index (κ2) is 5.69. The molecule has 94 valence electrons. The lowest BCUT2D eigenvalue weighted by Gasteiger charge is -2.05. The number of anilines is 1. The Kier molecular flexibility index (Phi) is 3.99. The molecule has 2 rings (SSSR count). The van der Waals surface area contributed by atoms with E-state index in [4.69, 9.17) is 11.6 Å². The minimum absolute atomic E-state index is 0.142. The highest BCUT2D eigenvalue weighted by molar-refractivity contribution is 6.30. The van der Waals surface area contributed by atoms with Crippen molar-refractivity contribution in [1.29, 1.82) is 0 Å². The number of aryl methyl sites for hydroxylation is 1. The van der Waals surface area contributed by atoms with Crippen molar-refractivity contribution in [3.8, 4) is 0 Å². The molecule has 5 heteroatoms. The zero-order valence-corrected chi connectivity index (χ0v) is 10.8. The van der Waals surface area contributed by atoms with Gasteiger partial charge in [0, 0.05) is 23.3 Å². The maximum Gasteiger partial charge on any atom is 0.252 e. The predicted molar refractivity (Wildman–Crippen MR) is 73.2 cm³/mol. The average molecular weight is 264 g/mol. The maximum absolute atomic E-state index is 11.2. The Bertz CT molecular complexity index is 578. The molecule has 2 aromatic rings. The molecule has 0 unspecified atom stereocenters. The molecule has 1 aromatic heterocycles. The predicted octanol–water partition coefficient (Wildman–Crippen LogP) is 2.39. The number of hydrogen-bond acceptors (Lipinski definition) is 3. The zero-order valence-electron chi connectivity index (χ0n) is 10.0. The summed E-state index contributed by atoms with van der Waals surface area (Å²) >= 11 is 5.81. The first kappa shape index (κ1) is 12.6. The Morgan fingerprint density at radius 2 is 2.06 bits per heavy atom. The third kappa shape index (κ3) is 3.60. The van der Waals surface area contributed by atoms with Crippen molar-refractivity contribution >= 4 is 17.5 Å². The summed E-state index contributed by atoms with van der Waals surface area (Å²) < 4.78 is 0. The third-order valence-electron chi connectivity index (χ3n) is 2.49. The van der Waals surface area contributed by atoms with E-state index in [9.17, 15) is 4.79 Å². The van der Waals surface area contributed by atoms with E-state index < -0.39 is 0 Å². The highest BCUT2D eigenvalue weighted by atomic mass is 35.5. The van der Waals surface area contributed by atoms with Crippen LogP contribution in [0.1, 0.15) is 11.3 Å². The van der Waals surface area contributed by atoms with Crippen LogP contribution in [0, 0.1) is 6.92 Å². The van der Waals surface area contributed by atoms with Crippen LogP contribution in [0.15, 0.2) is 35.1 Å². The monoisotopic (exact) mass is 263 g/mol. The molecule has 0 aliphatic heterocycles. The van der Waals surface area contributed by atoms with E-state index >= 15 is 0 Å². The van der Waals surface area contributed by atoms with Crippen molar-refractivity contribution in [3.63, 3.8) is 0 Å². The van der Waals surface area contributed by atoms with Gasteiger partial charge >= 0.3 is 0 Å². The molecule has 0 saturated carbocycles. The quantitative estimate of drug-likeness (QED) is 0.891. The number of H-pyrrole nitrogens is 1. The van der Waals surface area contributed by atoms with Crippen molar-refractivity contribution in [2.24, 2.45) is 0 Å². The Morgan fingerprint density at radius 3 is 2.72 bits per heavy atom. The number of rotatable bonds is 4. The second-order valence-corrected chi connectivity index (χ2v) is 4.48. The Labute approximate surface area is 110 Å². The highest BCUT2D eigenvalue weighted by Gasteiger charge is 1.98. The Hall–Kier alpha value is -1.81. The van der Waals surface area contributed by atoms with Gasteiger partial charge in [-0.2, -0.15) is 0 Å². The van der Waals surface area contributed by atoms with Gasteiger partial charge in [0.2, 0.25) is 5.95 Å². The van der Waals surface area contributed by atoms with Crippen LogP contribution in [-0.4, -0.2) is 16.5 Å². The van der Waals surface area contributed by atoms with Gasteiger partial charge in [0.15, 0.2) is 0 Å². The molecule has 18 heavy (non-hydrogen) atoms. The smallest absolute Gasteiger partial charge is 0.252 e. The van der Waals surface area contributed by atoms with Gasteiger partial charge in [-0.05, 0) is 31.0 Å². The van der Waals surface area contributed by atoms with Gasteiger partial charge in [-0.1, -0.05) is 23.7 Å². The van der Waals surface area contributed by atoms with Crippen LogP contribution in [0.25, 0.3) is 0 Å². The molecule has 4 nitrogen and oxygen atoms in total. The van der Waals surface area contributed by atoms with Crippen LogP contribution >= 0.6 is 11.6 Å². The molecule has 0 spiro atoms. The lowest BCUT2D eigenvalue weighted by atomic mass is 10.1. The molecule has 0 saturated heterocycles. The Morgan fingerprint density at radius 1 is 1.33 bits per heavy atom. The van der Waals surface area contributed by atoms with E-state index in [0.717, 1.165) is 11.4 Å². The number of halogens is 1. The van der Waals surface area contributed by atoms with Crippen LogP contribution in [0.2, 0.25) is 5.02 Å². The van der Waals surface area contributed by atoms with E-state index in [0.29, 0.717) is 18.2 Å². The van der Waals surface area contributed by atoms with Gasteiger partial charge < -0.3 is 5.32 Å². The minimum atomic E-state index is -0.142. The van der Waals surface area contributed by atoms with Crippen molar-refractivity contribution in [1.82, 2.24) is 9.97 Å². The lowest BCUT2D eigenvalue weighted by Crippen LogP contribution is -2.14. The molecule has 0 aliphatic rings. The first-order valence-electron chi connectivity index (χ1n) is 5.70. The van der Waals surface area contributed by atoms with Crippen molar-refractivity contribution in [3.05, 3.63) is 57.0 Å². The van der Waals surface area contributed by atoms with Gasteiger partial charge in [0.1, 0.15) is 0 Å². The molecule has 1 heterocycles. The topological polar surface area (TPSA) is 57.8 Å². The van der Waals surface area contributed by atoms with E-state index in [1.165, 1.54) is 11.6 Å². The summed E-state index contributed by atoms with van der Waals surface area (Å²) in [6, 6.07) is 9.16. The fourth-order valence-corrected chi connectivity index (χ4v) is 1.77. The first-order chi connectivity index (χ1) is 8.63. The average Bonchev–Trinajstić information content (AvgIpc) is 2.30. The lowest BCUT2D eigenvalue weighted by molar-refractivity contribution is 0.965. The number of nitrogens with one attached hydrogen (secondary N) is 2. The number of nitrogens with zero attached hydrogens (tertiary/aromatic N) is 1. The molecule has 2 N–H and O–H groups in total. The highest BCUT2D eigenvalue weighted by Crippen LogP contribution is 2.09. The second-order valence-electron chi connectivity index (χ2n) is 4.04. The molecule has 1 aromatic carbocycles. The summed E-state index contributed by atoms with van der Waals surface area (Å²) in [4.78, 5) is 18.1. The SMILES string of the molecule is Cc1cc(=O)[nH]c(NCCc2ccc(Cl)cc2)n1. The minimum Gasteiger partial charge on any atom is -0.355 e. The number of hydrogen-bond donors (Lipinski definition) is 2. The molecule has 0 fully saturated rings. The fourth-order valence-electron chi connectivity index (χ4n) is 1.64. The largest absolute Gasteiger partial charge is 0.355 e. The zero-order chi connectivity index (χ0) is 13.0. The van der Waals surface area contributed by atoms with Crippen molar-refractivity contribution < 1.29 is 0 Å². The van der Waals surface area contributed by atoms with Gasteiger partial charge in [-0.25, -0.2) is 4.98 Å².